The van der Waals surface area contributed by atoms with Crippen molar-refractivity contribution in [2.24, 2.45) is 0 Å². The highest BCUT2D eigenvalue weighted by Crippen LogP contribution is 2.15. The quantitative estimate of drug-likeness (QED) is 0.724. The van der Waals surface area contributed by atoms with Gasteiger partial charge in [0.2, 0.25) is 0 Å². The first-order valence-corrected chi connectivity index (χ1v) is 5.73. The highest BCUT2D eigenvalue weighted by Gasteiger charge is 1.99. The van der Waals surface area contributed by atoms with E-state index in [2.05, 4.69) is 25.1 Å². The average Bonchev–Trinajstić information content (AvgIpc) is 2.38. The zero-order chi connectivity index (χ0) is 12.1. The van der Waals surface area contributed by atoms with Crippen molar-refractivity contribution in [2.45, 2.75) is 13.3 Å². The third-order valence-electron chi connectivity index (χ3n) is 2.82. The third-order valence-corrected chi connectivity index (χ3v) is 2.82. The lowest BCUT2D eigenvalue weighted by Gasteiger charge is -2.02. The molecule has 0 N–H and O–H groups in total. The third kappa shape index (κ3) is 3.04. The molecule has 0 saturated carbocycles. The van der Waals surface area contributed by atoms with Crippen molar-refractivity contribution in [2.75, 3.05) is 0 Å². The molecule has 0 unspecified atom stereocenters. The molecular weight excluding hydrogens is 211 g/mol. The van der Waals surface area contributed by atoms with Gasteiger partial charge in [-0.05, 0) is 36.1 Å². The molecule has 0 saturated heterocycles. The van der Waals surface area contributed by atoms with Gasteiger partial charge < -0.3 is 0 Å². The number of hydrogen-bond donors (Lipinski definition) is 0. The molecule has 0 radical (unpaired) electrons. The second kappa shape index (κ2) is 5.44. The minimum absolute atomic E-state index is 0.135. The highest BCUT2D eigenvalue weighted by atomic mass is 19.1. The second-order valence-electron chi connectivity index (χ2n) is 4.05. The van der Waals surface area contributed by atoms with Crippen molar-refractivity contribution in [1.82, 2.24) is 0 Å². The maximum atomic E-state index is 13.4. The molecule has 0 aliphatic carbocycles. The summed E-state index contributed by atoms with van der Waals surface area (Å²) in [7, 11) is 0. The van der Waals surface area contributed by atoms with Crippen LogP contribution in [0.25, 0.3) is 5.57 Å². The van der Waals surface area contributed by atoms with Gasteiger partial charge in [-0.15, -0.1) is 0 Å². The Morgan fingerprint density at radius 1 is 1.00 bits per heavy atom. The number of hydrogen-bond acceptors (Lipinski definition) is 0. The Hall–Kier alpha value is -1.89. The van der Waals surface area contributed by atoms with E-state index in [-0.39, 0.29) is 5.82 Å². The van der Waals surface area contributed by atoms with Crippen LogP contribution in [0.3, 0.4) is 0 Å². The standard InChI is InChI=1S/C16H15F/c1-13(14-7-3-2-4-8-14)11-12-15-9-5-6-10-16(15)17/h2-11H,12H2,1H3/b13-11+. The Bertz CT molecular complexity index is 512. The maximum absolute atomic E-state index is 13.4. The lowest BCUT2D eigenvalue weighted by Crippen LogP contribution is -1.88. The SMILES string of the molecule is C/C(=C\Cc1ccccc1F)c1ccccc1. The second-order valence-corrected chi connectivity index (χ2v) is 4.05. The van der Waals surface area contributed by atoms with Crippen LogP contribution >= 0.6 is 0 Å². The first kappa shape index (κ1) is 11.6. The fraction of sp³-hybridized carbons (Fsp3) is 0.125. The first-order chi connectivity index (χ1) is 8.27. The van der Waals surface area contributed by atoms with Crippen LogP contribution in [0.5, 0.6) is 0 Å². The summed E-state index contributed by atoms with van der Waals surface area (Å²) in [5, 5.41) is 0. The molecule has 2 rings (SSSR count). The van der Waals surface area contributed by atoms with E-state index in [0.29, 0.717) is 6.42 Å². The summed E-state index contributed by atoms with van der Waals surface area (Å²) in [6.45, 7) is 2.05. The zero-order valence-corrected chi connectivity index (χ0v) is 9.86. The number of rotatable bonds is 3. The molecule has 0 heterocycles. The van der Waals surface area contributed by atoms with Gasteiger partial charge in [0.25, 0.3) is 0 Å². The molecule has 0 amide bonds. The van der Waals surface area contributed by atoms with E-state index in [1.807, 2.05) is 30.3 Å². The topological polar surface area (TPSA) is 0 Å². The molecule has 0 nitrogen and oxygen atoms in total. The van der Waals surface area contributed by atoms with E-state index >= 15 is 0 Å². The summed E-state index contributed by atoms with van der Waals surface area (Å²) in [5.74, 6) is -0.135. The number of halogens is 1. The summed E-state index contributed by atoms with van der Waals surface area (Å²) in [6, 6.07) is 17.0. The summed E-state index contributed by atoms with van der Waals surface area (Å²) < 4.78 is 13.4. The average molecular weight is 226 g/mol. The molecule has 0 aliphatic rings. The Balaban J connectivity index is 2.14. The number of allylic oxidation sites excluding steroid dienone is 2. The van der Waals surface area contributed by atoms with Crippen molar-refractivity contribution in [3.8, 4) is 0 Å². The van der Waals surface area contributed by atoms with Crippen LogP contribution in [0.15, 0.2) is 60.7 Å². The minimum Gasteiger partial charge on any atom is -0.207 e. The Labute approximate surface area is 101 Å². The summed E-state index contributed by atoms with van der Waals surface area (Å²) in [5.41, 5.74) is 3.10. The lowest BCUT2D eigenvalue weighted by atomic mass is 10.0. The van der Waals surface area contributed by atoms with Crippen LogP contribution in [-0.4, -0.2) is 0 Å². The predicted octanol–water partition coefficient (Wildman–Crippen LogP) is 4.47. The number of benzene rings is 2. The van der Waals surface area contributed by atoms with Crippen LogP contribution in [0.4, 0.5) is 4.39 Å². The molecule has 0 aliphatic heterocycles. The van der Waals surface area contributed by atoms with Gasteiger partial charge in [-0.3, -0.25) is 0 Å². The van der Waals surface area contributed by atoms with E-state index < -0.39 is 0 Å². The zero-order valence-electron chi connectivity index (χ0n) is 9.86. The summed E-state index contributed by atoms with van der Waals surface area (Å²) >= 11 is 0. The van der Waals surface area contributed by atoms with Crippen molar-refractivity contribution in [1.29, 1.82) is 0 Å². The molecule has 2 aromatic carbocycles. The smallest absolute Gasteiger partial charge is 0.126 e. The van der Waals surface area contributed by atoms with E-state index in [4.69, 9.17) is 0 Å². The minimum atomic E-state index is -0.135. The van der Waals surface area contributed by atoms with E-state index in [9.17, 15) is 4.39 Å². The van der Waals surface area contributed by atoms with Gasteiger partial charge in [0.1, 0.15) is 5.82 Å². The lowest BCUT2D eigenvalue weighted by molar-refractivity contribution is 0.615. The fourth-order valence-electron chi connectivity index (χ4n) is 1.75. The van der Waals surface area contributed by atoms with Crippen LogP contribution in [0.2, 0.25) is 0 Å². The van der Waals surface area contributed by atoms with Gasteiger partial charge in [-0.2, -0.15) is 0 Å². The van der Waals surface area contributed by atoms with Crippen molar-refractivity contribution in [3.05, 3.63) is 77.6 Å². The van der Waals surface area contributed by atoms with E-state index in [0.717, 1.165) is 5.56 Å². The Morgan fingerprint density at radius 2 is 1.65 bits per heavy atom. The van der Waals surface area contributed by atoms with Crippen molar-refractivity contribution < 1.29 is 4.39 Å². The summed E-state index contributed by atoms with van der Waals surface area (Å²) in [4.78, 5) is 0. The summed E-state index contributed by atoms with van der Waals surface area (Å²) in [6.07, 6.45) is 2.70. The first-order valence-electron chi connectivity index (χ1n) is 5.73. The largest absolute Gasteiger partial charge is 0.207 e. The van der Waals surface area contributed by atoms with Gasteiger partial charge in [0.05, 0.1) is 0 Å². The van der Waals surface area contributed by atoms with Crippen LogP contribution in [-0.2, 0) is 6.42 Å². The molecule has 17 heavy (non-hydrogen) atoms. The van der Waals surface area contributed by atoms with Crippen LogP contribution in [0, 0.1) is 5.82 Å². The molecule has 0 fully saturated rings. The van der Waals surface area contributed by atoms with Gasteiger partial charge in [-0.1, -0.05) is 54.6 Å². The molecule has 86 valence electrons. The van der Waals surface area contributed by atoms with Crippen LogP contribution in [0.1, 0.15) is 18.1 Å². The highest BCUT2D eigenvalue weighted by molar-refractivity contribution is 5.63. The fourth-order valence-corrected chi connectivity index (χ4v) is 1.75. The van der Waals surface area contributed by atoms with E-state index in [1.54, 1.807) is 6.07 Å². The Kier molecular flexibility index (Phi) is 3.71. The van der Waals surface area contributed by atoms with Gasteiger partial charge in [0.15, 0.2) is 0 Å². The molecule has 0 aromatic heterocycles. The molecule has 1 heteroatoms. The van der Waals surface area contributed by atoms with Gasteiger partial charge >= 0.3 is 0 Å². The molecule has 2 aromatic rings. The van der Waals surface area contributed by atoms with Gasteiger partial charge in [-0.25, -0.2) is 4.39 Å². The normalized spacial score (nSPS) is 11.5. The van der Waals surface area contributed by atoms with E-state index in [1.165, 1.54) is 17.2 Å². The predicted molar refractivity (Wildman–Crippen MR) is 70.2 cm³/mol. The maximum Gasteiger partial charge on any atom is 0.126 e. The van der Waals surface area contributed by atoms with Crippen LogP contribution < -0.4 is 0 Å². The Morgan fingerprint density at radius 3 is 2.35 bits per heavy atom. The molecule has 0 atom stereocenters. The van der Waals surface area contributed by atoms with Crippen molar-refractivity contribution in [3.63, 3.8) is 0 Å². The van der Waals surface area contributed by atoms with Gasteiger partial charge in [0, 0.05) is 0 Å². The molecule has 0 bridgehead atoms. The monoisotopic (exact) mass is 226 g/mol. The molecular formula is C16H15F. The van der Waals surface area contributed by atoms with Crippen molar-refractivity contribution >= 4 is 5.57 Å². The molecule has 0 spiro atoms.